The predicted molar refractivity (Wildman–Crippen MR) is 112 cm³/mol. The van der Waals surface area contributed by atoms with Gasteiger partial charge < -0.3 is 4.98 Å². The summed E-state index contributed by atoms with van der Waals surface area (Å²) >= 11 is 1.38. The van der Waals surface area contributed by atoms with Crippen LogP contribution >= 0.6 is 11.3 Å². The van der Waals surface area contributed by atoms with Gasteiger partial charge in [-0.3, -0.25) is 14.9 Å². The molecule has 0 unspecified atom stereocenters. The zero-order valence-electron chi connectivity index (χ0n) is 15.6. The molecule has 0 saturated heterocycles. The highest BCUT2D eigenvalue weighted by molar-refractivity contribution is 7.15. The van der Waals surface area contributed by atoms with Crippen molar-refractivity contribution in [2.24, 2.45) is 0 Å². The fourth-order valence-corrected chi connectivity index (χ4v) is 4.03. The highest BCUT2D eigenvalue weighted by atomic mass is 32.1. The first-order valence-electron chi connectivity index (χ1n) is 8.94. The van der Waals surface area contributed by atoms with E-state index in [0.717, 1.165) is 22.2 Å². The van der Waals surface area contributed by atoms with Gasteiger partial charge in [-0.1, -0.05) is 48.0 Å². The Morgan fingerprint density at radius 1 is 1.07 bits per heavy atom. The van der Waals surface area contributed by atoms with Crippen molar-refractivity contribution >= 4 is 39.1 Å². The van der Waals surface area contributed by atoms with Crippen molar-refractivity contribution in [2.75, 3.05) is 5.32 Å². The van der Waals surface area contributed by atoms with Gasteiger partial charge in [-0.25, -0.2) is 4.98 Å². The predicted octanol–water partition coefficient (Wildman–Crippen LogP) is 4.65. The van der Waals surface area contributed by atoms with Crippen molar-refractivity contribution < 1.29 is 9.59 Å². The SMILES string of the molecule is Cc1ccc(Cc2cnc(NC(=O)C(=O)c3c(C)[nH]c4ccccc34)s2)cc1. The summed E-state index contributed by atoms with van der Waals surface area (Å²) in [6, 6.07) is 15.8. The van der Waals surface area contributed by atoms with E-state index in [-0.39, 0.29) is 0 Å². The summed E-state index contributed by atoms with van der Waals surface area (Å²) in [5, 5.41) is 3.82. The molecule has 1 amide bonds. The molecular formula is C22H19N3O2S. The Morgan fingerprint density at radius 3 is 2.61 bits per heavy atom. The number of thiazole rings is 1. The van der Waals surface area contributed by atoms with Crippen LogP contribution in [-0.4, -0.2) is 21.7 Å². The number of nitrogens with one attached hydrogen (secondary N) is 2. The second-order valence-electron chi connectivity index (χ2n) is 6.75. The molecule has 2 heterocycles. The van der Waals surface area contributed by atoms with Crippen molar-refractivity contribution in [3.05, 3.63) is 82.0 Å². The zero-order chi connectivity index (χ0) is 19.7. The van der Waals surface area contributed by atoms with Gasteiger partial charge in [0.15, 0.2) is 5.13 Å². The summed E-state index contributed by atoms with van der Waals surface area (Å²) in [7, 11) is 0. The lowest BCUT2D eigenvalue weighted by Gasteiger charge is -2.02. The van der Waals surface area contributed by atoms with Crippen LogP contribution in [0.3, 0.4) is 0 Å². The number of H-pyrrole nitrogens is 1. The number of hydrogen-bond acceptors (Lipinski definition) is 4. The molecule has 28 heavy (non-hydrogen) atoms. The van der Waals surface area contributed by atoms with Crippen LogP contribution in [0.5, 0.6) is 0 Å². The normalized spacial score (nSPS) is 10.9. The Kier molecular flexibility index (Phi) is 4.79. The summed E-state index contributed by atoms with van der Waals surface area (Å²) in [4.78, 5) is 33.6. The first kappa shape index (κ1) is 18.1. The minimum absolute atomic E-state index is 0.407. The highest BCUT2D eigenvalue weighted by Crippen LogP contribution is 2.24. The molecule has 140 valence electrons. The standard InChI is InChI=1S/C22H19N3O2S/c1-13-7-9-15(10-8-13)11-16-12-23-22(28-16)25-21(27)20(26)19-14(2)24-18-6-4-3-5-17(18)19/h3-10,12,24H,11H2,1-2H3,(H,23,25,27). The van der Waals surface area contributed by atoms with Crippen LogP contribution in [0.4, 0.5) is 5.13 Å². The number of carbonyl (C=O) groups is 2. The second kappa shape index (κ2) is 7.40. The lowest BCUT2D eigenvalue weighted by Crippen LogP contribution is -2.23. The smallest absolute Gasteiger partial charge is 0.298 e. The highest BCUT2D eigenvalue weighted by Gasteiger charge is 2.23. The third kappa shape index (κ3) is 3.59. The van der Waals surface area contributed by atoms with E-state index in [0.29, 0.717) is 16.4 Å². The van der Waals surface area contributed by atoms with Crippen molar-refractivity contribution in [3.63, 3.8) is 0 Å². The Bertz CT molecular complexity index is 1170. The van der Waals surface area contributed by atoms with Crippen LogP contribution in [0.2, 0.25) is 0 Å². The van der Waals surface area contributed by atoms with Crippen LogP contribution in [0, 0.1) is 13.8 Å². The number of rotatable bonds is 5. The largest absolute Gasteiger partial charge is 0.358 e. The Hall–Kier alpha value is -3.25. The molecule has 6 heteroatoms. The van der Waals surface area contributed by atoms with Crippen molar-refractivity contribution in [1.29, 1.82) is 0 Å². The molecular weight excluding hydrogens is 370 g/mol. The minimum Gasteiger partial charge on any atom is -0.358 e. The molecule has 0 radical (unpaired) electrons. The van der Waals surface area contributed by atoms with Crippen molar-refractivity contribution in [3.8, 4) is 0 Å². The molecule has 0 spiro atoms. The number of carbonyl (C=O) groups excluding carboxylic acids is 2. The number of fused-ring (bicyclic) bond motifs is 1. The van der Waals surface area contributed by atoms with Crippen LogP contribution in [0.1, 0.15) is 32.1 Å². The molecule has 0 saturated carbocycles. The first-order chi connectivity index (χ1) is 13.5. The van der Waals surface area contributed by atoms with Crippen molar-refractivity contribution in [2.45, 2.75) is 20.3 Å². The van der Waals surface area contributed by atoms with Gasteiger partial charge in [0.1, 0.15) is 0 Å². The van der Waals surface area contributed by atoms with Crippen LogP contribution in [-0.2, 0) is 11.2 Å². The maximum absolute atomic E-state index is 12.7. The van der Waals surface area contributed by atoms with E-state index in [1.54, 1.807) is 13.1 Å². The average molecular weight is 389 g/mol. The van der Waals surface area contributed by atoms with Gasteiger partial charge in [0, 0.05) is 34.1 Å². The summed E-state index contributed by atoms with van der Waals surface area (Å²) in [5.41, 5.74) is 4.32. The number of nitrogens with zero attached hydrogens (tertiary/aromatic N) is 1. The molecule has 2 N–H and O–H groups in total. The molecule has 0 atom stereocenters. The van der Waals surface area contributed by atoms with Gasteiger partial charge in [-0.05, 0) is 25.5 Å². The number of para-hydroxylation sites is 1. The quantitative estimate of drug-likeness (QED) is 0.385. The third-order valence-corrected chi connectivity index (χ3v) is 5.51. The average Bonchev–Trinajstić information content (AvgIpc) is 3.25. The monoisotopic (exact) mass is 389 g/mol. The van der Waals surface area contributed by atoms with Gasteiger partial charge >= 0.3 is 0 Å². The van der Waals surface area contributed by atoms with Gasteiger partial charge in [0.2, 0.25) is 0 Å². The zero-order valence-corrected chi connectivity index (χ0v) is 16.4. The van der Waals surface area contributed by atoms with E-state index < -0.39 is 11.7 Å². The lowest BCUT2D eigenvalue weighted by atomic mass is 10.1. The maximum atomic E-state index is 12.7. The van der Waals surface area contributed by atoms with Crippen LogP contribution in [0.15, 0.2) is 54.7 Å². The minimum atomic E-state index is -0.677. The lowest BCUT2D eigenvalue weighted by molar-refractivity contribution is -0.112. The Balaban J connectivity index is 1.49. The Morgan fingerprint density at radius 2 is 1.82 bits per heavy atom. The Labute approximate surface area is 166 Å². The number of anilines is 1. The van der Waals surface area contributed by atoms with Gasteiger partial charge in [0.25, 0.3) is 11.7 Å². The van der Waals surface area contributed by atoms with Gasteiger partial charge in [-0.15, -0.1) is 11.3 Å². The third-order valence-electron chi connectivity index (χ3n) is 4.60. The molecule has 0 aliphatic heterocycles. The van der Waals surface area contributed by atoms with E-state index in [1.807, 2.05) is 24.3 Å². The number of ketones is 1. The molecule has 2 aromatic carbocycles. The number of benzene rings is 2. The van der Waals surface area contributed by atoms with Crippen LogP contribution in [0.25, 0.3) is 10.9 Å². The van der Waals surface area contributed by atoms with E-state index >= 15 is 0 Å². The van der Waals surface area contributed by atoms with Gasteiger partial charge in [-0.2, -0.15) is 0 Å². The number of aromatic amines is 1. The first-order valence-corrected chi connectivity index (χ1v) is 9.76. The summed E-state index contributed by atoms with van der Waals surface area (Å²) in [5.74, 6) is -1.24. The van der Waals surface area contributed by atoms with Crippen molar-refractivity contribution in [1.82, 2.24) is 9.97 Å². The fourth-order valence-electron chi connectivity index (χ4n) is 3.19. The second-order valence-corrected chi connectivity index (χ2v) is 7.86. The maximum Gasteiger partial charge on any atom is 0.298 e. The molecule has 0 bridgehead atoms. The van der Waals surface area contributed by atoms with Crippen LogP contribution < -0.4 is 5.32 Å². The number of hydrogen-bond donors (Lipinski definition) is 2. The fraction of sp³-hybridized carbons (Fsp3) is 0.136. The molecule has 4 aromatic rings. The number of amides is 1. The molecule has 0 aliphatic rings. The number of Topliss-reactive ketones (excluding diaryl/α,β-unsaturated/α-hetero) is 1. The van der Waals surface area contributed by atoms with E-state index in [2.05, 4.69) is 46.5 Å². The summed E-state index contributed by atoms with van der Waals surface area (Å²) in [6.45, 7) is 3.85. The molecule has 0 aliphatic carbocycles. The molecule has 0 fully saturated rings. The summed E-state index contributed by atoms with van der Waals surface area (Å²) in [6.07, 6.45) is 2.48. The molecule has 5 nitrogen and oxygen atoms in total. The summed E-state index contributed by atoms with van der Waals surface area (Å²) < 4.78 is 0. The van der Waals surface area contributed by atoms with E-state index in [4.69, 9.17) is 0 Å². The van der Waals surface area contributed by atoms with E-state index in [1.165, 1.54) is 22.5 Å². The molecule has 4 rings (SSSR count). The van der Waals surface area contributed by atoms with Gasteiger partial charge in [0.05, 0.1) is 5.56 Å². The molecule has 2 aromatic heterocycles. The van der Waals surface area contributed by atoms with E-state index in [9.17, 15) is 9.59 Å². The number of aryl methyl sites for hydroxylation is 2. The topological polar surface area (TPSA) is 74.8 Å². The number of aromatic nitrogens is 2.